The van der Waals surface area contributed by atoms with Crippen LogP contribution in [0.2, 0.25) is 5.22 Å². The van der Waals surface area contributed by atoms with Gasteiger partial charge in [-0.1, -0.05) is 12.1 Å². The average molecular weight is 302 g/mol. The molecule has 106 valence electrons. The second-order valence-corrected chi connectivity index (χ2v) is 4.18. The maximum atomic E-state index is 12.0. The molecule has 0 spiro atoms. The van der Waals surface area contributed by atoms with Crippen LogP contribution in [-0.2, 0) is 6.54 Å². The second-order valence-electron chi connectivity index (χ2n) is 3.81. The zero-order valence-corrected chi connectivity index (χ0v) is 10.9. The number of amides is 1. The monoisotopic (exact) mass is 301 g/mol. The molecule has 0 aliphatic heterocycles. The minimum Gasteiger partial charge on any atom is -0.440 e. The van der Waals surface area contributed by atoms with Crippen molar-refractivity contribution in [3.05, 3.63) is 52.9 Å². The molecule has 2 aromatic rings. The Balaban J connectivity index is 1.89. The fraction of sp³-hybridized carbons (Fsp3) is 0.154. The van der Waals surface area contributed by atoms with Gasteiger partial charge in [0, 0.05) is 6.54 Å². The summed E-state index contributed by atoms with van der Waals surface area (Å²) in [5.41, 5.74) is 0.734. The minimum atomic E-state index is -2.86. The van der Waals surface area contributed by atoms with Crippen molar-refractivity contribution >= 4 is 17.5 Å². The number of hydrogen-bond donors (Lipinski definition) is 1. The lowest BCUT2D eigenvalue weighted by molar-refractivity contribution is -0.0498. The van der Waals surface area contributed by atoms with Crippen molar-refractivity contribution in [1.82, 2.24) is 5.32 Å². The molecule has 7 heteroatoms. The Labute approximate surface area is 118 Å². The standard InChI is InChI=1S/C13H10ClF2NO3/c14-11-6-5-10(20-11)12(18)17-7-8-1-3-9(4-2-8)19-13(15)16/h1-6,13H,7H2,(H,17,18). The third-order valence-corrected chi connectivity index (χ3v) is 2.60. The Morgan fingerprint density at radius 2 is 1.95 bits per heavy atom. The highest BCUT2D eigenvalue weighted by Crippen LogP contribution is 2.15. The van der Waals surface area contributed by atoms with E-state index in [4.69, 9.17) is 16.0 Å². The third-order valence-electron chi connectivity index (χ3n) is 2.40. The predicted octanol–water partition coefficient (Wildman–Crippen LogP) is 3.46. The van der Waals surface area contributed by atoms with Crippen LogP contribution in [0.5, 0.6) is 5.75 Å². The van der Waals surface area contributed by atoms with Gasteiger partial charge in [-0.3, -0.25) is 4.79 Å². The molecule has 0 bridgehead atoms. The average Bonchev–Trinajstić information content (AvgIpc) is 2.84. The highest BCUT2D eigenvalue weighted by molar-refractivity contribution is 6.29. The number of nitrogens with one attached hydrogen (secondary N) is 1. The number of halogens is 3. The summed E-state index contributed by atoms with van der Waals surface area (Å²) in [5.74, 6) is -0.245. The van der Waals surface area contributed by atoms with Crippen molar-refractivity contribution in [3.63, 3.8) is 0 Å². The molecule has 0 aliphatic carbocycles. The molecule has 0 saturated carbocycles. The van der Waals surface area contributed by atoms with Gasteiger partial charge in [-0.2, -0.15) is 8.78 Å². The SMILES string of the molecule is O=C(NCc1ccc(OC(F)F)cc1)c1ccc(Cl)o1. The Bertz CT molecular complexity index is 584. The normalized spacial score (nSPS) is 10.6. The summed E-state index contributed by atoms with van der Waals surface area (Å²) in [6.45, 7) is -2.63. The largest absolute Gasteiger partial charge is 0.440 e. The van der Waals surface area contributed by atoms with E-state index in [-0.39, 0.29) is 23.3 Å². The summed E-state index contributed by atoms with van der Waals surface area (Å²) in [6, 6.07) is 8.87. The molecule has 1 aromatic heterocycles. The van der Waals surface area contributed by atoms with E-state index in [9.17, 15) is 13.6 Å². The van der Waals surface area contributed by atoms with Gasteiger partial charge in [0.05, 0.1) is 0 Å². The maximum Gasteiger partial charge on any atom is 0.387 e. The van der Waals surface area contributed by atoms with Crippen molar-refractivity contribution in [3.8, 4) is 5.75 Å². The Hall–Kier alpha value is -2.08. The van der Waals surface area contributed by atoms with Crippen LogP contribution in [0.25, 0.3) is 0 Å². The van der Waals surface area contributed by atoms with Crippen LogP contribution in [0.4, 0.5) is 8.78 Å². The number of rotatable bonds is 5. The minimum absolute atomic E-state index is 0.0629. The molecule has 0 aliphatic rings. The van der Waals surface area contributed by atoms with Gasteiger partial charge in [-0.05, 0) is 41.4 Å². The molecule has 0 radical (unpaired) electrons. The summed E-state index contributed by atoms with van der Waals surface area (Å²) in [5, 5.41) is 2.74. The van der Waals surface area contributed by atoms with Crippen LogP contribution in [0.15, 0.2) is 40.8 Å². The quantitative estimate of drug-likeness (QED) is 0.920. The lowest BCUT2D eigenvalue weighted by Gasteiger charge is -2.06. The van der Waals surface area contributed by atoms with Gasteiger partial charge in [0.1, 0.15) is 5.75 Å². The molecule has 0 unspecified atom stereocenters. The van der Waals surface area contributed by atoms with Gasteiger partial charge in [0.2, 0.25) is 0 Å². The number of hydrogen-bond acceptors (Lipinski definition) is 3. The summed E-state index contributed by atoms with van der Waals surface area (Å²) < 4.78 is 33.1. The topological polar surface area (TPSA) is 51.5 Å². The zero-order chi connectivity index (χ0) is 14.5. The van der Waals surface area contributed by atoms with Crippen LogP contribution in [-0.4, -0.2) is 12.5 Å². The molecule has 1 aromatic carbocycles. The molecular weight excluding hydrogens is 292 g/mol. The van der Waals surface area contributed by atoms with E-state index in [0.717, 1.165) is 5.56 Å². The number of carbonyl (C=O) groups excluding carboxylic acids is 1. The first-order valence-electron chi connectivity index (χ1n) is 5.62. The third kappa shape index (κ3) is 3.96. The molecule has 0 saturated heterocycles. The summed E-state index contributed by atoms with van der Waals surface area (Å²) in [4.78, 5) is 11.7. The lowest BCUT2D eigenvalue weighted by atomic mass is 10.2. The van der Waals surface area contributed by atoms with Crippen molar-refractivity contribution < 1.29 is 22.7 Å². The highest BCUT2D eigenvalue weighted by atomic mass is 35.5. The van der Waals surface area contributed by atoms with Crippen molar-refractivity contribution in [1.29, 1.82) is 0 Å². The van der Waals surface area contributed by atoms with E-state index in [0.29, 0.717) is 0 Å². The highest BCUT2D eigenvalue weighted by Gasteiger charge is 2.10. The van der Waals surface area contributed by atoms with Crippen molar-refractivity contribution in [2.24, 2.45) is 0 Å². The fourth-order valence-corrected chi connectivity index (χ4v) is 1.64. The fourth-order valence-electron chi connectivity index (χ4n) is 1.49. The van der Waals surface area contributed by atoms with Crippen molar-refractivity contribution in [2.75, 3.05) is 0 Å². The summed E-state index contributed by atoms with van der Waals surface area (Å²) >= 11 is 5.56. The van der Waals surface area contributed by atoms with E-state index < -0.39 is 12.5 Å². The molecule has 1 amide bonds. The molecule has 1 heterocycles. The molecule has 1 N–H and O–H groups in total. The number of ether oxygens (including phenoxy) is 1. The lowest BCUT2D eigenvalue weighted by Crippen LogP contribution is -2.22. The second kappa shape index (κ2) is 6.38. The Kier molecular flexibility index (Phi) is 4.57. The van der Waals surface area contributed by atoms with Gasteiger partial charge in [0.15, 0.2) is 11.0 Å². The van der Waals surface area contributed by atoms with E-state index >= 15 is 0 Å². The maximum absolute atomic E-state index is 12.0. The number of alkyl halides is 2. The Morgan fingerprint density at radius 3 is 2.50 bits per heavy atom. The van der Waals surface area contributed by atoms with Gasteiger partial charge in [-0.15, -0.1) is 0 Å². The molecule has 4 nitrogen and oxygen atoms in total. The summed E-state index contributed by atoms with van der Waals surface area (Å²) in [6.07, 6.45) is 0. The van der Waals surface area contributed by atoms with Gasteiger partial charge in [-0.25, -0.2) is 0 Å². The van der Waals surface area contributed by atoms with Crippen LogP contribution in [0, 0.1) is 0 Å². The molecule has 0 atom stereocenters. The Morgan fingerprint density at radius 1 is 1.25 bits per heavy atom. The smallest absolute Gasteiger partial charge is 0.387 e. The molecular formula is C13H10ClF2NO3. The van der Waals surface area contributed by atoms with E-state index in [1.54, 1.807) is 12.1 Å². The van der Waals surface area contributed by atoms with Crippen molar-refractivity contribution in [2.45, 2.75) is 13.2 Å². The number of benzene rings is 1. The summed E-state index contributed by atoms with van der Waals surface area (Å²) in [7, 11) is 0. The van der Waals surface area contributed by atoms with Crippen LogP contribution in [0.3, 0.4) is 0 Å². The first kappa shape index (κ1) is 14.3. The van der Waals surface area contributed by atoms with E-state index in [1.807, 2.05) is 0 Å². The van der Waals surface area contributed by atoms with Crippen LogP contribution >= 0.6 is 11.6 Å². The van der Waals surface area contributed by atoms with Gasteiger partial charge in [0.25, 0.3) is 5.91 Å². The number of furan rings is 1. The van der Waals surface area contributed by atoms with Crippen LogP contribution in [0.1, 0.15) is 16.1 Å². The molecule has 0 fully saturated rings. The molecule has 2 rings (SSSR count). The molecule has 20 heavy (non-hydrogen) atoms. The predicted molar refractivity (Wildman–Crippen MR) is 68.0 cm³/mol. The van der Waals surface area contributed by atoms with E-state index in [2.05, 4.69) is 10.1 Å². The van der Waals surface area contributed by atoms with Gasteiger partial charge >= 0.3 is 6.61 Å². The first-order chi connectivity index (χ1) is 9.54. The first-order valence-corrected chi connectivity index (χ1v) is 5.99. The van der Waals surface area contributed by atoms with E-state index in [1.165, 1.54) is 24.3 Å². The van der Waals surface area contributed by atoms with Crippen LogP contribution < -0.4 is 10.1 Å². The van der Waals surface area contributed by atoms with Gasteiger partial charge < -0.3 is 14.5 Å². The zero-order valence-electron chi connectivity index (χ0n) is 10.1. The number of carbonyl (C=O) groups is 1.